The maximum atomic E-state index is 10.8. The van der Waals surface area contributed by atoms with Crippen molar-refractivity contribution in [2.24, 2.45) is 5.73 Å². The van der Waals surface area contributed by atoms with Crippen molar-refractivity contribution in [1.82, 2.24) is 4.98 Å². The van der Waals surface area contributed by atoms with Crippen molar-refractivity contribution in [3.05, 3.63) is 40.0 Å². The van der Waals surface area contributed by atoms with E-state index in [1.54, 1.807) is 0 Å². The molecule has 0 amide bonds. The fourth-order valence-electron chi connectivity index (χ4n) is 3.58. The highest BCUT2D eigenvalue weighted by Crippen LogP contribution is 2.40. The van der Waals surface area contributed by atoms with E-state index in [0.717, 1.165) is 32.1 Å². The molecule has 8 heteroatoms. The number of aromatic nitrogens is 1. The van der Waals surface area contributed by atoms with E-state index >= 15 is 0 Å². The molecule has 1 aliphatic rings. The van der Waals surface area contributed by atoms with Gasteiger partial charge in [-0.1, -0.05) is 25.1 Å². The van der Waals surface area contributed by atoms with Crippen molar-refractivity contribution in [3.8, 4) is 10.4 Å². The Hall–Kier alpha value is -1.08. The molecule has 1 aromatic carbocycles. The molecule has 0 saturated heterocycles. The molecule has 3 rings (SSSR count). The molecule has 0 aliphatic heterocycles. The van der Waals surface area contributed by atoms with Crippen molar-refractivity contribution < 1.29 is 18.9 Å². The Bertz CT molecular complexity index is 833. The molecule has 1 atom stereocenters. The molecular formula is C19H27N2O4PS. The summed E-state index contributed by atoms with van der Waals surface area (Å²) in [6.07, 6.45) is 5.42. The lowest BCUT2D eigenvalue weighted by Gasteiger charge is -2.20. The topological polar surface area (TPSA) is 106 Å². The first-order chi connectivity index (χ1) is 12.9. The molecule has 0 radical (unpaired) electrons. The van der Waals surface area contributed by atoms with Crippen molar-refractivity contribution in [3.63, 3.8) is 0 Å². The van der Waals surface area contributed by atoms with Gasteiger partial charge in [-0.25, -0.2) is 9.55 Å². The Kier molecular flexibility index (Phi) is 6.84. The number of phosphoric acid groups is 1. The number of aryl methyl sites for hydroxylation is 3. The van der Waals surface area contributed by atoms with Crippen LogP contribution in [-0.2, 0) is 28.4 Å². The van der Waals surface area contributed by atoms with Crippen molar-refractivity contribution in [2.75, 3.05) is 13.2 Å². The molecule has 0 spiro atoms. The zero-order chi connectivity index (χ0) is 19.4. The molecule has 1 heterocycles. The van der Waals surface area contributed by atoms with E-state index in [0.29, 0.717) is 13.0 Å². The maximum Gasteiger partial charge on any atom is 0.469 e. The fraction of sp³-hybridized carbons (Fsp3) is 0.526. The van der Waals surface area contributed by atoms with Crippen LogP contribution in [0.15, 0.2) is 18.2 Å². The zero-order valence-corrected chi connectivity index (χ0v) is 17.3. The van der Waals surface area contributed by atoms with Gasteiger partial charge >= 0.3 is 7.82 Å². The summed E-state index contributed by atoms with van der Waals surface area (Å²) in [5.41, 5.74) is 11.0. The molecule has 0 saturated carbocycles. The van der Waals surface area contributed by atoms with E-state index < -0.39 is 7.82 Å². The first-order valence-corrected chi connectivity index (χ1v) is 11.8. The van der Waals surface area contributed by atoms with Crippen LogP contribution in [0.1, 0.15) is 53.9 Å². The lowest BCUT2D eigenvalue weighted by molar-refractivity contribution is 0.192. The van der Waals surface area contributed by atoms with Gasteiger partial charge in [-0.05, 0) is 67.7 Å². The Labute approximate surface area is 164 Å². The van der Waals surface area contributed by atoms with Crippen LogP contribution in [0.25, 0.3) is 10.4 Å². The third-order valence-corrected chi connectivity index (χ3v) is 6.63. The largest absolute Gasteiger partial charge is 0.469 e. The minimum Gasteiger partial charge on any atom is -0.330 e. The van der Waals surface area contributed by atoms with Gasteiger partial charge in [-0.2, -0.15) is 0 Å². The molecule has 1 aromatic heterocycles. The molecule has 2 aromatic rings. The Balaban J connectivity index is 1.72. The number of nitrogens with zero attached hydrogens (tertiary/aromatic N) is 1. The number of phosphoric ester groups is 1. The van der Waals surface area contributed by atoms with Crippen LogP contribution in [0.4, 0.5) is 0 Å². The predicted molar refractivity (Wildman–Crippen MR) is 108 cm³/mol. The summed E-state index contributed by atoms with van der Waals surface area (Å²) in [5, 5.41) is 1.23. The minimum atomic E-state index is -4.39. The Morgan fingerprint density at radius 2 is 2.19 bits per heavy atom. The summed E-state index contributed by atoms with van der Waals surface area (Å²) in [5.74, 6) is 0.161. The standard InChI is InChI=1S/C19H27N2O4PS/c1-2-4-18-21-17-9-7-14-11-13(6-8-16(14)19(17)27-18)15(12-20)5-3-10-25-26(22,23)24/h6,8,11,15H,2-5,7,9-10,12,20H2,1H3,(H2,22,23,24)/t15-/m0/s1. The zero-order valence-electron chi connectivity index (χ0n) is 15.6. The number of thiazole rings is 1. The summed E-state index contributed by atoms with van der Waals surface area (Å²) in [4.78, 5) is 23.6. The molecule has 1 aliphatic carbocycles. The lowest BCUT2D eigenvalue weighted by Crippen LogP contribution is -2.14. The lowest BCUT2D eigenvalue weighted by atomic mass is 9.87. The molecule has 0 unspecified atom stereocenters. The quantitative estimate of drug-likeness (QED) is 0.429. The fourth-order valence-corrected chi connectivity index (χ4v) is 5.22. The van der Waals surface area contributed by atoms with Gasteiger partial charge in [0.1, 0.15) is 0 Å². The van der Waals surface area contributed by atoms with Gasteiger partial charge in [0.05, 0.1) is 22.2 Å². The molecule has 0 fully saturated rings. The number of benzene rings is 1. The molecule has 0 bridgehead atoms. The van der Waals surface area contributed by atoms with E-state index in [-0.39, 0.29) is 12.5 Å². The molecule has 4 N–H and O–H groups in total. The van der Waals surface area contributed by atoms with E-state index in [4.69, 9.17) is 20.5 Å². The maximum absolute atomic E-state index is 10.8. The minimum absolute atomic E-state index is 0.0378. The molecule has 27 heavy (non-hydrogen) atoms. The SMILES string of the molecule is CCCc1nc2c(s1)-c1ccc([C@H](CN)CCCOP(=O)(O)O)cc1CC2. The summed E-state index contributed by atoms with van der Waals surface area (Å²) in [6.45, 7) is 2.72. The number of nitrogens with two attached hydrogens (primary N) is 1. The second-order valence-corrected chi connectivity index (χ2v) is 9.27. The van der Waals surface area contributed by atoms with Gasteiger partial charge in [-0.3, -0.25) is 4.52 Å². The van der Waals surface area contributed by atoms with Crippen LogP contribution >= 0.6 is 19.2 Å². The van der Waals surface area contributed by atoms with E-state index in [1.807, 2.05) is 11.3 Å². The average Bonchev–Trinajstić information content (AvgIpc) is 3.04. The third kappa shape index (κ3) is 5.25. The van der Waals surface area contributed by atoms with E-state index in [2.05, 4.69) is 29.6 Å². The van der Waals surface area contributed by atoms with Gasteiger partial charge in [0.2, 0.25) is 0 Å². The Morgan fingerprint density at radius 3 is 2.89 bits per heavy atom. The number of hydrogen-bond acceptors (Lipinski definition) is 5. The third-order valence-electron chi connectivity index (χ3n) is 4.92. The number of fused-ring (bicyclic) bond motifs is 3. The van der Waals surface area contributed by atoms with Crippen molar-refractivity contribution in [1.29, 1.82) is 0 Å². The molecular weight excluding hydrogens is 383 g/mol. The van der Waals surface area contributed by atoms with Gasteiger partial charge in [0, 0.05) is 0 Å². The first kappa shape index (κ1) is 20.6. The van der Waals surface area contributed by atoms with E-state index in [9.17, 15) is 4.57 Å². The van der Waals surface area contributed by atoms with Gasteiger partial charge in [-0.15, -0.1) is 11.3 Å². The number of rotatable bonds is 9. The summed E-state index contributed by atoms with van der Waals surface area (Å²) < 4.78 is 15.3. The number of hydrogen-bond donors (Lipinski definition) is 3. The smallest absolute Gasteiger partial charge is 0.330 e. The van der Waals surface area contributed by atoms with E-state index in [1.165, 1.54) is 32.3 Å². The van der Waals surface area contributed by atoms with Gasteiger partial charge in [0.15, 0.2) is 0 Å². The Morgan fingerprint density at radius 1 is 1.37 bits per heavy atom. The van der Waals surface area contributed by atoms with Crippen LogP contribution in [0, 0.1) is 0 Å². The van der Waals surface area contributed by atoms with Crippen molar-refractivity contribution in [2.45, 2.75) is 51.4 Å². The highest BCUT2D eigenvalue weighted by atomic mass is 32.1. The highest BCUT2D eigenvalue weighted by Gasteiger charge is 2.22. The van der Waals surface area contributed by atoms with Crippen LogP contribution in [0.2, 0.25) is 0 Å². The highest BCUT2D eigenvalue weighted by molar-refractivity contribution is 7.46. The summed E-state index contributed by atoms with van der Waals surface area (Å²) in [7, 11) is -4.39. The second kappa shape index (κ2) is 8.95. The first-order valence-electron chi connectivity index (χ1n) is 9.43. The normalized spacial score (nSPS) is 14.7. The summed E-state index contributed by atoms with van der Waals surface area (Å²) >= 11 is 1.82. The average molecular weight is 410 g/mol. The summed E-state index contributed by atoms with van der Waals surface area (Å²) in [6, 6.07) is 6.57. The second-order valence-electron chi connectivity index (χ2n) is 6.95. The molecule has 6 nitrogen and oxygen atoms in total. The monoisotopic (exact) mass is 410 g/mol. The molecule has 148 valence electrons. The van der Waals surface area contributed by atoms with Crippen LogP contribution < -0.4 is 5.73 Å². The van der Waals surface area contributed by atoms with Gasteiger partial charge in [0.25, 0.3) is 0 Å². The van der Waals surface area contributed by atoms with Crippen molar-refractivity contribution >= 4 is 19.2 Å². The predicted octanol–water partition coefficient (Wildman–Crippen LogP) is 3.79. The van der Waals surface area contributed by atoms with Crippen LogP contribution in [-0.4, -0.2) is 27.9 Å². The van der Waals surface area contributed by atoms with Gasteiger partial charge < -0.3 is 15.5 Å². The van der Waals surface area contributed by atoms with Crippen LogP contribution in [0.5, 0.6) is 0 Å². The van der Waals surface area contributed by atoms with Crippen LogP contribution in [0.3, 0.4) is 0 Å².